The number of nitrogens with one attached hydrogen (secondary N) is 1. The van der Waals surface area contributed by atoms with Gasteiger partial charge >= 0.3 is 0 Å². The van der Waals surface area contributed by atoms with Gasteiger partial charge in [-0.05, 0) is 25.0 Å². The van der Waals surface area contributed by atoms with Crippen molar-refractivity contribution in [1.82, 2.24) is 19.7 Å². The number of anilines is 1. The Hall–Kier alpha value is -3.16. The van der Waals surface area contributed by atoms with Gasteiger partial charge in [-0.1, -0.05) is 6.07 Å². The van der Waals surface area contributed by atoms with E-state index in [0.29, 0.717) is 12.1 Å². The molecule has 0 radical (unpaired) electrons. The number of fused-ring (bicyclic) bond motifs is 2. The SMILES string of the molecule is COc1cccc2c1CCCN2C(=O)c1nn(C)c2c(=O)[nH]cnc12. The zero-order valence-electron chi connectivity index (χ0n) is 13.9. The van der Waals surface area contributed by atoms with Crippen LogP contribution in [-0.2, 0) is 13.5 Å². The highest BCUT2D eigenvalue weighted by atomic mass is 16.5. The molecule has 0 aliphatic carbocycles. The lowest BCUT2D eigenvalue weighted by Gasteiger charge is -2.29. The summed E-state index contributed by atoms with van der Waals surface area (Å²) >= 11 is 0. The quantitative estimate of drug-likeness (QED) is 0.759. The molecule has 0 bridgehead atoms. The summed E-state index contributed by atoms with van der Waals surface area (Å²) in [5, 5.41) is 4.25. The predicted molar refractivity (Wildman–Crippen MR) is 92.1 cm³/mol. The number of aromatic amines is 1. The van der Waals surface area contributed by atoms with Crippen LogP contribution in [0.25, 0.3) is 11.0 Å². The summed E-state index contributed by atoms with van der Waals surface area (Å²) in [5.74, 6) is 0.508. The molecule has 4 rings (SSSR count). The van der Waals surface area contributed by atoms with Gasteiger partial charge < -0.3 is 14.6 Å². The number of hydrogen-bond donors (Lipinski definition) is 1. The number of hydrogen-bond acceptors (Lipinski definition) is 5. The average Bonchev–Trinajstić information content (AvgIpc) is 2.98. The van der Waals surface area contributed by atoms with Crippen LogP contribution in [0.15, 0.2) is 29.3 Å². The molecular weight excluding hydrogens is 322 g/mol. The lowest BCUT2D eigenvalue weighted by atomic mass is 10.00. The molecule has 1 aliphatic heterocycles. The van der Waals surface area contributed by atoms with Crippen LogP contribution >= 0.6 is 0 Å². The molecule has 3 heterocycles. The molecule has 8 nitrogen and oxygen atoms in total. The van der Waals surface area contributed by atoms with Gasteiger partial charge in [-0.25, -0.2) is 4.98 Å². The van der Waals surface area contributed by atoms with Gasteiger partial charge in [0.05, 0.1) is 19.1 Å². The first kappa shape index (κ1) is 15.4. The van der Waals surface area contributed by atoms with Crippen LogP contribution < -0.4 is 15.2 Å². The Labute approximate surface area is 143 Å². The van der Waals surface area contributed by atoms with Crippen LogP contribution in [0.2, 0.25) is 0 Å². The van der Waals surface area contributed by atoms with Gasteiger partial charge in [0.2, 0.25) is 0 Å². The van der Waals surface area contributed by atoms with E-state index < -0.39 is 0 Å². The van der Waals surface area contributed by atoms with E-state index in [9.17, 15) is 9.59 Å². The topological polar surface area (TPSA) is 93.1 Å². The second kappa shape index (κ2) is 5.73. The summed E-state index contributed by atoms with van der Waals surface area (Å²) in [4.78, 5) is 33.5. The number of aryl methyl sites for hydroxylation is 1. The van der Waals surface area contributed by atoms with E-state index in [1.54, 1.807) is 19.1 Å². The Balaban J connectivity index is 1.85. The Bertz CT molecular complexity index is 1040. The van der Waals surface area contributed by atoms with E-state index >= 15 is 0 Å². The number of methoxy groups -OCH3 is 1. The number of aromatic nitrogens is 4. The summed E-state index contributed by atoms with van der Waals surface area (Å²) in [5.41, 5.74) is 2.29. The minimum Gasteiger partial charge on any atom is -0.496 e. The number of nitrogens with zero attached hydrogens (tertiary/aromatic N) is 4. The van der Waals surface area contributed by atoms with Gasteiger partial charge in [-0.2, -0.15) is 5.10 Å². The van der Waals surface area contributed by atoms with Gasteiger partial charge in [-0.15, -0.1) is 0 Å². The summed E-state index contributed by atoms with van der Waals surface area (Å²) in [6.07, 6.45) is 2.97. The van der Waals surface area contributed by atoms with E-state index in [-0.39, 0.29) is 22.7 Å². The number of carbonyl (C=O) groups excluding carboxylic acids is 1. The van der Waals surface area contributed by atoms with Gasteiger partial charge in [0.15, 0.2) is 11.2 Å². The van der Waals surface area contributed by atoms with Crippen molar-refractivity contribution >= 4 is 22.6 Å². The normalized spacial score (nSPS) is 13.8. The smallest absolute Gasteiger partial charge is 0.281 e. The maximum Gasteiger partial charge on any atom is 0.281 e. The third-order valence-electron chi connectivity index (χ3n) is 4.50. The van der Waals surface area contributed by atoms with Crippen LogP contribution in [0.3, 0.4) is 0 Å². The van der Waals surface area contributed by atoms with Crippen LogP contribution in [0.4, 0.5) is 5.69 Å². The summed E-state index contributed by atoms with van der Waals surface area (Å²) in [6, 6.07) is 5.66. The number of H-pyrrole nitrogens is 1. The Kier molecular flexibility index (Phi) is 3.52. The number of rotatable bonds is 2. The molecule has 128 valence electrons. The molecule has 0 saturated heterocycles. The van der Waals surface area contributed by atoms with Gasteiger partial charge in [0.25, 0.3) is 11.5 Å². The molecule has 3 aromatic rings. The predicted octanol–water partition coefficient (Wildman–Crippen LogP) is 1.26. The highest BCUT2D eigenvalue weighted by Crippen LogP contribution is 2.35. The maximum absolute atomic E-state index is 13.2. The minimum absolute atomic E-state index is 0.180. The van der Waals surface area contributed by atoms with Gasteiger partial charge in [0.1, 0.15) is 11.3 Å². The number of benzene rings is 1. The molecular formula is C17H17N5O3. The molecule has 0 saturated carbocycles. The van der Waals surface area contributed by atoms with Crippen LogP contribution in [0.5, 0.6) is 5.75 Å². The van der Waals surface area contributed by atoms with E-state index in [1.807, 2.05) is 18.2 Å². The van der Waals surface area contributed by atoms with Crippen molar-refractivity contribution in [3.8, 4) is 5.75 Å². The molecule has 1 N–H and O–H groups in total. The Morgan fingerprint density at radius 2 is 2.20 bits per heavy atom. The molecule has 1 amide bonds. The van der Waals surface area contributed by atoms with E-state index in [1.165, 1.54) is 11.0 Å². The Morgan fingerprint density at radius 3 is 3.00 bits per heavy atom. The molecule has 0 atom stereocenters. The molecule has 0 fully saturated rings. The average molecular weight is 339 g/mol. The number of carbonyl (C=O) groups is 1. The van der Waals surface area contributed by atoms with Gasteiger partial charge in [-0.3, -0.25) is 14.3 Å². The molecule has 0 unspecified atom stereocenters. The third kappa shape index (κ3) is 2.29. The highest BCUT2D eigenvalue weighted by Gasteiger charge is 2.29. The van der Waals surface area contributed by atoms with Crippen molar-refractivity contribution in [3.05, 3.63) is 46.1 Å². The van der Waals surface area contributed by atoms with E-state index in [4.69, 9.17) is 4.74 Å². The zero-order chi connectivity index (χ0) is 17.6. The van der Waals surface area contributed by atoms with Crippen LogP contribution in [0, 0.1) is 0 Å². The summed E-state index contributed by atoms with van der Waals surface area (Å²) < 4.78 is 6.81. The largest absolute Gasteiger partial charge is 0.496 e. The first-order valence-corrected chi connectivity index (χ1v) is 8.00. The van der Waals surface area contributed by atoms with E-state index in [2.05, 4.69) is 15.1 Å². The van der Waals surface area contributed by atoms with Crippen molar-refractivity contribution in [2.75, 3.05) is 18.6 Å². The maximum atomic E-state index is 13.2. The zero-order valence-corrected chi connectivity index (χ0v) is 13.9. The van der Waals surface area contributed by atoms with Crippen molar-refractivity contribution in [3.63, 3.8) is 0 Å². The second-order valence-electron chi connectivity index (χ2n) is 5.92. The lowest BCUT2D eigenvalue weighted by Crippen LogP contribution is -2.36. The van der Waals surface area contributed by atoms with Crippen LogP contribution in [0.1, 0.15) is 22.5 Å². The Morgan fingerprint density at radius 1 is 1.36 bits per heavy atom. The van der Waals surface area contributed by atoms with Crippen molar-refractivity contribution < 1.29 is 9.53 Å². The molecule has 2 aromatic heterocycles. The minimum atomic E-state index is -0.320. The van der Waals surface area contributed by atoms with Crippen LogP contribution in [-0.4, -0.2) is 39.3 Å². The first-order chi connectivity index (χ1) is 12.1. The van der Waals surface area contributed by atoms with Gasteiger partial charge in [0, 0.05) is 19.2 Å². The van der Waals surface area contributed by atoms with Crippen molar-refractivity contribution in [2.45, 2.75) is 12.8 Å². The lowest BCUT2D eigenvalue weighted by molar-refractivity contribution is 0.0981. The third-order valence-corrected chi connectivity index (χ3v) is 4.50. The summed E-state index contributed by atoms with van der Waals surface area (Å²) in [6.45, 7) is 0.584. The first-order valence-electron chi connectivity index (χ1n) is 8.00. The van der Waals surface area contributed by atoms with Crippen molar-refractivity contribution in [2.24, 2.45) is 7.05 Å². The monoisotopic (exact) mass is 339 g/mol. The summed E-state index contributed by atoms with van der Waals surface area (Å²) in [7, 11) is 3.25. The standard InChI is InChI=1S/C17H17N5O3/c1-21-15-13(18-9-19-16(15)23)14(20-21)17(24)22-8-4-5-10-11(22)6-3-7-12(10)25-2/h3,6-7,9H,4-5,8H2,1-2H3,(H,18,19,23). The fourth-order valence-electron chi connectivity index (χ4n) is 3.38. The number of amides is 1. The molecule has 1 aromatic carbocycles. The fraction of sp³-hybridized carbons (Fsp3) is 0.294. The molecule has 8 heteroatoms. The number of ether oxygens (including phenoxy) is 1. The fourth-order valence-corrected chi connectivity index (χ4v) is 3.38. The molecule has 0 spiro atoms. The molecule has 1 aliphatic rings. The van der Waals surface area contributed by atoms with Crippen molar-refractivity contribution in [1.29, 1.82) is 0 Å². The second-order valence-corrected chi connectivity index (χ2v) is 5.92. The molecule has 25 heavy (non-hydrogen) atoms. The highest BCUT2D eigenvalue weighted by molar-refractivity contribution is 6.11. The van der Waals surface area contributed by atoms with E-state index in [0.717, 1.165) is 29.8 Å².